The minimum atomic E-state index is -2.58. The highest BCUT2D eigenvalue weighted by molar-refractivity contribution is 6.90. The summed E-state index contributed by atoms with van der Waals surface area (Å²) in [4.78, 5) is 18.6. The van der Waals surface area contributed by atoms with Crippen LogP contribution in [0, 0.1) is 30.0 Å². The number of rotatable bonds is 10. The molecule has 4 fully saturated rings. The molecule has 6 heterocycles. The first-order chi connectivity index (χ1) is 28.7. The number of aromatic hydroxyl groups is 1. The normalized spacial score (nSPS) is 25.7. The van der Waals surface area contributed by atoms with Gasteiger partial charge in [0.15, 0.2) is 5.82 Å². The van der Waals surface area contributed by atoms with Gasteiger partial charge in [0.25, 0.3) is 0 Å². The SMILES string of the molecule is [2H]C([2H])([2H])OCC12CCC(CN(c3nc(OC[C@@]45CCCN4C[C@H](F)C5)nc4c(F)c(-c5cc(O)cc6ccc(F)c(C#C[Si](C(C)C)(C(C)C)C(C)C)c56)nc(C)c34)C1)N2. The number of phenols is 1. The van der Waals surface area contributed by atoms with Crippen LogP contribution in [0.2, 0.25) is 16.6 Å². The number of alkyl halides is 1. The Hall–Kier alpha value is -3.96. The number of halogens is 3. The number of methoxy groups -OCH3 is 1. The Morgan fingerprint density at radius 2 is 1.81 bits per heavy atom. The first kappa shape index (κ1) is 37.1. The predicted octanol–water partition coefficient (Wildman–Crippen LogP) is 8.62. The number of nitrogens with zero attached hydrogens (tertiary/aromatic N) is 5. The standard InChI is InChI=1S/C45H57F3N6O3Si/c1-26(2)58(27(3)4,28(5)6)17-13-34-36(47)11-10-30-18-33(55)19-35(38(30)34)40-39(48)41-37(29(7)49-40)42(53-22-32-12-15-44(23-53,52-32)24-56-8)51-43(50-41)57-25-45-14-9-16-54(45)21-31(46)20-45/h10-11,18-19,26-28,31-32,52,55H,9,12,14-16,20-25H2,1-8H3/t31-,32?,44?,45+/m1/s1/i8D3. The van der Waals surface area contributed by atoms with Crippen molar-refractivity contribution in [3.05, 3.63) is 47.2 Å². The summed E-state index contributed by atoms with van der Waals surface area (Å²) in [6.07, 6.45) is 2.44. The number of aryl methyl sites for hydroxylation is 1. The van der Waals surface area contributed by atoms with Gasteiger partial charge in [-0.25, -0.2) is 18.2 Å². The van der Waals surface area contributed by atoms with Crippen molar-refractivity contribution in [3.8, 4) is 34.5 Å². The number of hydrogen-bond donors (Lipinski definition) is 2. The lowest BCUT2D eigenvalue weighted by molar-refractivity contribution is 0.107. The van der Waals surface area contributed by atoms with Gasteiger partial charge in [-0.3, -0.25) is 4.90 Å². The van der Waals surface area contributed by atoms with E-state index in [0.717, 1.165) is 25.8 Å². The van der Waals surface area contributed by atoms with Crippen LogP contribution in [-0.2, 0) is 4.74 Å². The number of piperazine rings is 1. The Morgan fingerprint density at radius 3 is 2.55 bits per heavy atom. The summed E-state index contributed by atoms with van der Waals surface area (Å²) in [6.45, 7) is 16.8. The van der Waals surface area contributed by atoms with Crippen molar-refractivity contribution < 1.29 is 31.9 Å². The highest BCUT2D eigenvalue weighted by Gasteiger charge is 2.50. The number of fused-ring (bicyclic) bond motifs is 5. The lowest BCUT2D eigenvalue weighted by Crippen LogP contribution is -2.62. The second-order valence-electron chi connectivity index (χ2n) is 18.3. The zero-order valence-corrected chi connectivity index (χ0v) is 35.6. The fourth-order valence-electron chi connectivity index (χ4n) is 11.2. The van der Waals surface area contributed by atoms with Crippen molar-refractivity contribution in [3.63, 3.8) is 0 Å². The monoisotopic (exact) mass is 817 g/mol. The molecule has 4 atom stereocenters. The summed E-state index contributed by atoms with van der Waals surface area (Å²) in [5.74, 6) is 2.11. The molecule has 0 radical (unpaired) electrons. The number of benzene rings is 2. The Labute approximate surface area is 345 Å². The number of phenolic OH excluding ortho intramolecular Hbond substituents is 1. The van der Waals surface area contributed by atoms with Gasteiger partial charge in [0, 0.05) is 50.1 Å². The van der Waals surface area contributed by atoms with Gasteiger partial charge < -0.3 is 24.8 Å². The average molecular weight is 818 g/mol. The largest absolute Gasteiger partial charge is 0.508 e. The van der Waals surface area contributed by atoms with E-state index in [1.54, 1.807) is 13.0 Å². The van der Waals surface area contributed by atoms with Crippen LogP contribution in [0.4, 0.5) is 19.0 Å². The van der Waals surface area contributed by atoms with Crippen LogP contribution in [0.25, 0.3) is 32.9 Å². The maximum atomic E-state index is 17.8. The molecule has 58 heavy (non-hydrogen) atoms. The molecule has 4 aliphatic heterocycles. The third-order valence-electron chi connectivity index (χ3n) is 13.8. The minimum Gasteiger partial charge on any atom is -0.508 e. The number of ether oxygens (including phenoxy) is 2. The first-order valence-corrected chi connectivity index (χ1v) is 23.0. The highest BCUT2D eigenvalue weighted by atomic mass is 28.3. The zero-order valence-electron chi connectivity index (χ0n) is 37.6. The molecule has 0 aliphatic carbocycles. The highest BCUT2D eigenvalue weighted by Crippen LogP contribution is 2.45. The van der Waals surface area contributed by atoms with Crippen LogP contribution >= 0.6 is 0 Å². The number of nitrogens with one attached hydrogen (secondary N) is 1. The maximum absolute atomic E-state index is 17.8. The van der Waals surface area contributed by atoms with Gasteiger partial charge in [-0.2, -0.15) is 9.97 Å². The quantitative estimate of drug-likeness (QED) is 0.121. The molecule has 0 saturated carbocycles. The zero-order chi connectivity index (χ0) is 43.8. The molecule has 2 aromatic carbocycles. The van der Waals surface area contributed by atoms with Crippen LogP contribution in [0.1, 0.15) is 89.0 Å². The van der Waals surface area contributed by atoms with Gasteiger partial charge in [-0.15, -0.1) is 5.54 Å². The number of hydrogen-bond acceptors (Lipinski definition) is 9. The van der Waals surface area contributed by atoms with Crippen molar-refractivity contribution in [2.75, 3.05) is 51.3 Å². The van der Waals surface area contributed by atoms with Gasteiger partial charge in [-0.1, -0.05) is 53.5 Å². The van der Waals surface area contributed by atoms with Crippen LogP contribution in [0.15, 0.2) is 24.3 Å². The first-order valence-electron chi connectivity index (χ1n) is 22.3. The molecule has 2 N–H and O–H groups in total. The second kappa shape index (κ2) is 15.3. The summed E-state index contributed by atoms with van der Waals surface area (Å²) in [7, 11) is -4.92. The lowest BCUT2D eigenvalue weighted by atomic mass is 9.95. The van der Waals surface area contributed by atoms with Gasteiger partial charge in [0.2, 0.25) is 0 Å². The summed E-state index contributed by atoms with van der Waals surface area (Å²) >= 11 is 0. The van der Waals surface area contributed by atoms with Gasteiger partial charge in [0.1, 0.15) is 49.4 Å². The van der Waals surface area contributed by atoms with E-state index < -0.39 is 44.0 Å². The van der Waals surface area contributed by atoms with E-state index in [1.165, 1.54) is 18.2 Å². The summed E-state index contributed by atoms with van der Waals surface area (Å²) in [6, 6.07) is 5.68. The Kier molecular flexibility index (Phi) is 9.75. The van der Waals surface area contributed by atoms with E-state index in [-0.39, 0.29) is 70.0 Å². The molecule has 9 nitrogen and oxygen atoms in total. The molecule has 0 amide bonds. The molecule has 2 bridgehead atoms. The third kappa shape index (κ3) is 6.81. The van der Waals surface area contributed by atoms with Gasteiger partial charge in [-0.05, 0) is 79.4 Å². The molecule has 2 aromatic heterocycles. The van der Waals surface area contributed by atoms with E-state index in [9.17, 15) is 9.50 Å². The molecule has 0 spiro atoms. The molecular weight excluding hydrogens is 758 g/mol. The Balaban J connectivity index is 1.31. The van der Waals surface area contributed by atoms with Gasteiger partial charge in [0.05, 0.1) is 38.4 Å². The summed E-state index contributed by atoms with van der Waals surface area (Å²) < 4.78 is 83.6. The van der Waals surface area contributed by atoms with Gasteiger partial charge >= 0.3 is 6.01 Å². The topological polar surface area (TPSA) is 95.9 Å². The molecular formula is C45H57F3N6O3Si. The average Bonchev–Trinajstić information content (AvgIpc) is 3.82. The van der Waals surface area contributed by atoms with Crippen molar-refractivity contribution in [1.82, 2.24) is 25.2 Å². The number of aromatic nitrogens is 3. The van der Waals surface area contributed by atoms with Crippen LogP contribution < -0.4 is 15.0 Å². The van der Waals surface area contributed by atoms with E-state index >= 15 is 8.78 Å². The molecule has 4 aliphatic rings. The molecule has 4 saturated heterocycles. The van der Waals surface area contributed by atoms with Crippen molar-refractivity contribution in [2.24, 2.45) is 0 Å². The van der Waals surface area contributed by atoms with E-state index in [1.807, 2.05) is 4.90 Å². The van der Waals surface area contributed by atoms with Crippen LogP contribution in [0.3, 0.4) is 0 Å². The molecule has 4 aromatic rings. The van der Waals surface area contributed by atoms with E-state index in [4.69, 9.17) is 28.5 Å². The van der Waals surface area contributed by atoms with Crippen molar-refractivity contribution >= 4 is 35.6 Å². The summed E-state index contributed by atoms with van der Waals surface area (Å²) in [5.41, 5.74) is 3.68. The number of anilines is 1. The smallest absolute Gasteiger partial charge is 0.319 e. The molecule has 2 unspecified atom stereocenters. The maximum Gasteiger partial charge on any atom is 0.319 e. The lowest BCUT2D eigenvalue weighted by Gasteiger charge is -2.42. The minimum absolute atomic E-state index is 0.0244. The Morgan fingerprint density at radius 1 is 1.03 bits per heavy atom. The second-order valence-corrected chi connectivity index (χ2v) is 23.8. The molecule has 310 valence electrons. The predicted molar refractivity (Wildman–Crippen MR) is 226 cm³/mol. The van der Waals surface area contributed by atoms with Crippen LogP contribution in [-0.4, -0.2) is 103 Å². The van der Waals surface area contributed by atoms with E-state index in [2.05, 4.69) is 63.2 Å². The fraction of sp³-hybridized carbons (Fsp3) is 0.578. The fourth-order valence-corrected chi connectivity index (χ4v) is 16.4. The Bertz CT molecular complexity index is 2410. The third-order valence-corrected chi connectivity index (χ3v) is 20.1. The molecule has 13 heteroatoms. The summed E-state index contributed by atoms with van der Waals surface area (Å²) in [5, 5.41) is 15.8. The molecule has 8 rings (SSSR count). The van der Waals surface area contributed by atoms with Crippen LogP contribution in [0.5, 0.6) is 11.8 Å². The number of pyridine rings is 1. The van der Waals surface area contributed by atoms with Crippen molar-refractivity contribution in [1.29, 1.82) is 0 Å². The van der Waals surface area contributed by atoms with E-state index in [0.29, 0.717) is 60.1 Å². The van der Waals surface area contributed by atoms with Crippen molar-refractivity contribution in [2.45, 2.75) is 120 Å².